The zero-order chi connectivity index (χ0) is 16.4. The molecule has 1 aromatic heterocycles. The Balaban J connectivity index is 1.66. The molecule has 1 aliphatic heterocycles. The number of aromatic nitrogens is 2. The summed E-state index contributed by atoms with van der Waals surface area (Å²) in [6.45, 7) is 8.37. The second-order valence-corrected chi connectivity index (χ2v) is 6.95. The third kappa shape index (κ3) is 3.55. The minimum Gasteiger partial charge on any atom is -0.472 e. The average Bonchev–Trinajstić information content (AvgIpc) is 2.94. The number of rotatable bonds is 3. The second-order valence-electron chi connectivity index (χ2n) is 6.95. The van der Waals surface area contributed by atoms with E-state index in [9.17, 15) is 4.79 Å². The molecule has 23 heavy (non-hydrogen) atoms. The van der Waals surface area contributed by atoms with Crippen molar-refractivity contribution >= 4 is 5.91 Å². The Morgan fingerprint density at radius 2 is 1.96 bits per heavy atom. The van der Waals surface area contributed by atoms with E-state index in [0.29, 0.717) is 32.1 Å². The van der Waals surface area contributed by atoms with Crippen LogP contribution in [0, 0.1) is 5.41 Å². The lowest BCUT2D eigenvalue weighted by molar-refractivity contribution is -0.141. The highest BCUT2D eigenvalue weighted by Crippen LogP contribution is 2.23. The monoisotopic (exact) mass is 313 g/mol. The maximum absolute atomic E-state index is 12.4. The highest BCUT2D eigenvalue weighted by molar-refractivity contribution is 5.81. The molecule has 0 radical (unpaired) electrons. The Hall–Kier alpha value is -2.30. The molecule has 0 spiro atoms. The van der Waals surface area contributed by atoms with Crippen molar-refractivity contribution in [2.24, 2.45) is 5.41 Å². The summed E-state index contributed by atoms with van der Waals surface area (Å²) >= 11 is 0. The summed E-state index contributed by atoms with van der Waals surface area (Å²) in [5.41, 5.74) is 1.79. The molecule has 3 rings (SSSR count). The van der Waals surface area contributed by atoms with Crippen molar-refractivity contribution in [1.29, 1.82) is 0 Å². The molecule has 0 unspecified atom stereocenters. The van der Waals surface area contributed by atoms with E-state index < -0.39 is 0 Å². The molecule has 0 atom stereocenters. The number of benzene rings is 1. The molecule has 1 aromatic carbocycles. The molecular weight excluding hydrogens is 290 g/mol. The van der Waals surface area contributed by atoms with E-state index in [1.807, 2.05) is 66.8 Å². The minimum atomic E-state index is -0.352. The third-order valence-corrected chi connectivity index (χ3v) is 3.93. The molecule has 2 heterocycles. The van der Waals surface area contributed by atoms with E-state index >= 15 is 0 Å². The highest BCUT2D eigenvalue weighted by atomic mass is 16.5. The number of amides is 1. The number of hydrogen-bond acceptors (Lipinski definition) is 3. The molecular formula is C18H23N3O2. The van der Waals surface area contributed by atoms with Crippen molar-refractivity contribution in [3.8, 4) is 5.88 Å². The fourth-order valence-electron chi connectivity index (χ4n) is 2.69. The van der Waals surface area contributed by atoms with E-state index in [4.69, 9.17) is 4.74 Å². The first-order chi connectivity index (χ1) is 10.9. The topological polar surface area (TPSA) is 47.4 Å². The average molecular weight is 313 g/mol. The van der Waals surface area contributed by atoms with E-state index in [1.54, 1.807) is 0 Å². The van der Waals surface area contributed by atoms with Gasteiger partial charge in [-0.05, 0) is 5.56 Å². The lowest BCUT2D eigenvalue weighted by atomic mass is 9.94. The molecule has 1 aliphatic rings. The molecule has 0 aliphatic carbocycles. The molecule has 5 heteroatoms. The van der Waals surface area contributed by atoms with E-state index in [1.165, 1.54) is 0 Å². The molecule has 0 saturated heterocycles. The summed E-state index contributed by atoms with van der Waals surface area (Å²) in [5.74, 6) is 0.797. The maximum atomic E-state index is 12.4. The van der Waals surface area contributed by atoms with Gasteiger partial charge in [0.1, 0.15) is 6.61 Å². The van der Waals surface area contributed by atoms with Crippen molar-refractivity contribution in [2.75, 3.05) is 6.54 Å². The Morgan fingerprint density at radius 1 is 1.22 bits per heavy atom. The van der Waals surface area contributed by atoms with Gasteiger partial charge in [0.15, 0.2) is 0 Å². The Bertz CT molecular complexity index is 686. The quantitative estimate of drug-likeness (QED) is 0.875. The van der Waals surface area contributed by atoms with Gasteiger partial charge in [0.05, 0.1) is 18.8 Å². The molecule has 122 valence electrons. The van der Waals surface area contributed by atoms with Gasteiger partial charge in [-0.3, -0.25) is 9.48 Å². The number of carbonyl (C=O) groups excluding carboxylic acids is 1. The SMILES string of the molecule is CC(C)(C)C(=O)N1CCn2nc(OCc3ccccc3)cc2C1. The predicted molar refractivity (Wildman–Crippen MR) is 87.9 cm³/mol. The normalized spacial score (nSPS) is 14.5. The van der Waals surface area contributed by atoms with Crippen LogP contribution in [-0.2, 0) is 24.5 Å². The summed E-state index contributed by atoms with van der Waals surface area (Å²) in [7, 11) is 0. The summed E-state index contributed by atoms with van der Waals surface area (Å²) in [6.07, 6.45) is 0. The van der Waals surface area contributed by atoms with Gasteiger partial charge >= 0.3 is 0 Å². The van der Waals surface area contributed by atoms with Crippen LogP contribution in [0.3, 0.4) is 0 Å². The predicted octanol–water partition coefficient (Wildman–Crippen LogP) is 2.85. The second kappa shape index (κ2) is 6.07. The molecule has 0 N–H and O–H groups in total. The van der Waals surface area contributed by atoms with Crippen LogP contribution < -0.4 is 4.74 Å². The standard InChI is InChI=1S/C18H23N3O2/c1-18(2,3)17(22)20-9-10-21-15(12-20)11-16(19-21)23-13-14-7-5-4-6-8-14/h4-8,11H,9-10,12-13H2,1-3H3. The van der Waals surface area contributed by atoms with Crippen molar-refractivity contribution in [1.82, 2.24) is 14.7 Å². The number of carbonyl (C=O) groups is 1. The first kappa shape index (κ1) is 15.6. The third-order valence-electron chi connectivity index (χ3n) is 3.93. The fourth-order valence-corrected chi connectivity index (χ4v) is 2.69. The van der Waals surface area contributed by atoms with Gasteiger partial charge in [0, 0.05) is 18.0 Å². The van der Waals surface area contributed by atoms with Crippen LogP contribution in [0.25, 0.3) is 0 Å². The Labute approximate surface area is 136 Å². The van der Waals surface area contributed by atoms with Gasteiger partial charge in [0.25, 0.3) is 0 Å². The first-order valence-corrected chi connectivity index (χ1v) is 7.96. The van der Waals surface area contributed by atoms with Crippen molar-refractivity contribution in [2.45, 2.75) is 40.5 Å². The van der Waals surface area contributed by atoms with Crippen molar-refractivity contribution in [3.05, 3.63) is 47.7 Å². The van der Waals surface area contributed by atoms with Crippen LogP contribution >= 0.6 is 0 Å². The smallest absolute Gasteiger partial charge is 0.233 e. The molecule has 2 aromatic rings. The zero-order valence-corrected chi connectivity index (χ0v) is 14.0. The molecule has 0 bridgehead atoms. The van der Waals surface area contributed by atoms with Crippen LogP contribution in [0.5, 0.6) is 5.88 Å². The largest absolute Gasteiger partial charge is 0.472 e. The number of fused-ring (bicyclic) bond motifs is 1. The van der Waals surface area contributed by atoms with Gasteiger partial charge in [-0.15, -0.1) is 5.10 Å². The number of ether oxygens (including phenoxy) is 1. The van der Waals surface area contributed by atoms with Crippen molar-refractivity contribution in [3.63, 3.8) is 0 Å². The zero-order valence-electron chi connectivity index (χ0n) is 14.0. The summed E-state index contributed by atoms with van der Waals surface area (Å²) < 4.78 is 7.71. The molecule has 1 amide bonds. The van der Waals surface area contributed by atoms with Crippen LogP contribution in [-0.4, -0.2) is 27.1 Å². The minimum absolute atomic E-state index is 0.178. The Morgan fingerprint density at radius 3 is 2.65 bits per heavy atom. The summed E-state index contributed by atoms with van der Waals surface area (Å²) in [6, 6.07) is 12.0. The van der Waals surface area contributed by atoms with E-state index in [0.717, 1.165) is 11.3 Å². The van der Waals surface area contributed by atoms with Gasteiger partial charge in [-0.2, -0.15) is 0 Å². The molecule has 0 saturated carbocycles. The van der Waals surface area contributed by atoms with Crippen LogP contribution in [0.2, 0.25) is 0 Å². The molecule has 5 nitrogen and oxygen atoms in total. The summed E-state index contributed by atoms with van der Waals surface area (Å²) in [5, 5.41) is 4.48. The number of nitrogens with zero attached hydrogens (tertiary/aromatic N) is 3. The lowest BCUT2D eigenvalue weighted by Gasteiger charge is -2.32. The van der Waals surface area contributed by atoms with Gasteiger partial charge in [-0.1, -0.05) is 51.1 Å². The lowest BCUT2D eigenvalue weighted by Crippen LogP contribution is -2.43. The van der Waals surface area contributed by atoms with E-state index in [-0.39, 0.29) is 11.3 Å². The van der Waals surface area contributed by atoms with Gasteiger partial charge in [-0.25, -0.2) is 0 Å². The van der Waals surface area contributed by atoms with Gasteiger partial charge in [0.2, 0.25) is 11.8 Å². The highest BCUT2D eigenvalue weighted by Gasteiger charge is 2.30. The van der Waals surface area contributed by atoms with Crippen LogP contribution in [0.15, 0.2) is 36.4 Å². The van der Waals surface area contributed by atoms with Crippen LogP contribution in [0.1, 0.15) is 32.0 Å². The molecule has 0 fully saturated rings. The Kier molecular flexibility index (Phi) is 4.11. The fraction of sp³-hybridized carbons (Fsp3) is 0.444. The number of hydrogen-bond donors (Lipinski definition) is 0. The van der Waals surface area contributed by atoms with E-state index in [2.05, 4.69) is 5.10 Å². The van der Waals surface area contributed by atoms with Crippen molar-refractivity contribution < 1.29 is 9.53 Å². The van der Waals surface area contributed by atoms with Crippen LogP contribution in [0.4, 0.5) is 0 Å². The summed E-state index contributed by atoms with van der Waals surface area (Å²) in [4.78, 5) is 14.3. The first-order valence-electron chi connectivity index (χ1n) is 7.96. The maximum Gasteiger partial charge on any atom is 0.233 e. The van der Waals surface area contributed by atoms with Gasteiger partial charge < -0.3 is 9.64 Å².